The number of halogens is 1. The van der Waals surface area contributed by atoms with Crippen LogP contribution in [0.4, 0.5) is 5.69 Å². The van der Waals surface area contributed by atoms with E-state index in [0.29, 0.717) is 24.7 Å². The molecule has 6 nitrogen and oxygen atoms in total. The van der Waals surface area contributed by atoms with Crippen molar-refractivity contribution in [3.8, 4) is 0 Å². The van der Waals surface area contributed by atoms with E-state index in [0.717, 1.165) is 16.7 Å². The molecule has 0 fully saturated rings. The number of hydrogen-bond acceptors (Lipinski definition) is 5. The number of hydrogen-bond donors (Lipinski definition) is 2. The largest absolute Gasteiger partial charge is 0.384 e. The summed E-state index contributed by atoms with van der Waals surface area (Å²) in [6, 6.07) is 6.09. The molecule has 2 heterocycles. The first-order chi connectivity index (χ1) is 10.1. The summed E-state index contributed by atoms with van der Waals surface area (Å²) in [7, 11) is 0. The summed E-state index contributed by atoms with van der Waals surface area (Å²) >= 11 is 3.47. The highest BCUT2D eigenvalue weighted by Gasteiger charge is 2.24. The predicted molar refractivity (Wildman–Crippen MR) is 80.9 cm³/mol. The number of carbonyl (C=O) groups excluding carboxylic acids is 1. The number of fused-ring (bicyclic) bond motifs is 1. The predicted octanol–water partition coefficient (Wildman–Crippen LogP) is 2.36. The lowest BCUT2D eigenvalue weighted by Gasteiger charge is -2.10. The van der Waals surface area contributed by atoms with Crippen LogP contribution in [-0.2, 0) is 11.3 Å². The van der Waals surface area contributed by atoms with Gasteiger partial charge in [-0.05, 0) is 23.8 Å². The standard InChI is InChI=1S/C14H15BrN4O2/c1-8-18-13(19-21-8)7-17-14(20)4-9-6-16-12-3-2-10(15)5-11(9)12/h2-3,5,9,16H,4,6-7H2,1H3,(H,17,20). The Balaban J connectivity index is 1.58. The number of amides is 1. The highest BCUT2D eigenvalue weighted by atomic mass is 79.9. The van der Waals surface area contributed by atoms with Crippen LogP contribution in [-0.4, -0.2) is 22.6 Å². The van der Waals surface area contributed by atoms with Gasteiger partial charge in [0.25, 0.3) is 0 Å². The van der Waals surface area contributed by atoms with Crippen LogP contribution in [0.2, 0.25) is 0 Å². The Labute approximate surface area is 130 Å². The van der Waals surface area contributed by atoms with E-state index in [1.807, 2.05) is 12.1 Å². The first-order valence-corrected chi connectivity index (χ1v) is 7.50. The molecule has 1 aliphatic rings. The average Bonchev–Trinajstić information content (AvgIpc) is 3.04. The molecule has 0 bridgehead atoms. The monoisotopic (exact) mass is 350 g/mol. The lowest BCUT2D eigenvalue weighted by atomic mass is 9.97. The number of anilines is 1. The quantitative estimate of drug-likeness (QED) is 0.884. The average molecular weight is 351 g/mol. The second kappa shape index (κ2) is 5.85. The third-order valence-electron chi connectivity index (χ3n) is 3.44. The molecule has 0 radical (unpaired) electrons. The lowest BCUT2D eigenvalue weighted by molar-refractivity contribution is -0.121. The zero-order valence-corrected chi connectivity index (χ0v) is 13.1. The van der Waals surface area contributed by atoms with Crippen molar-refractivity contribution < 1.29 is 9.32 Å². The maximum atomic E-state index is 12.0. The van der Waals surface area contributed by atoms with Gasteiger partial charge < -0.3 is 15.2 Å². The Morgan fingerprint density at radius 2 is 2.43 bits per heavy atom. The van der Waals surface area contributed by atoms with Crippen LogP contribution in [0.3, 0.4) is 0 Å². The number of aryl methyl sites for hydroxylation is 1. The summed E-state index contributed by atoms with van der Waals surface area (Å²) in [5.74, 6) is 1.16. The van der Waals surface area contributed by atoms with Gasteiger partial charge in [0, 0.05) is 36.0 Å². The fourth-order valence-electron chi connectivity index (χ4n) is 2.44. The molecule has 2 aromatic rings. The highest BCUT2D eigenvalue weighted by molar-refractivity contribution is 9.10. The number of carbonyl (C=O) groups is 1. The fraction of sp³-hybridized carbons (Fsp3) is 0.357. The molecule has 0 spiro atoms. The molecule has 110 valence electrons. The van der Waals surface area contributed by atoms with Crippen molar-refractivity contribution in [2.75, 3.05) is 11.9 Å². The van der Waals surface area contributed by atoms with Gasteiger partial charge in [0.1, 0.15) is 0 Å². The van der Waals surface area contributed by atoms with Crippen LogP contribution in [0.15, 0.2) is 27.2 Å². The minimum absolute atomic E-state index is 0.0166. The molecule has 0 saturated heterocycles. The van der Waals surface area contributed by atoms with Crippen molar-refractivity contribution in [1.29, 1.82) is 0 Å². The molecule has 2 N–H and O–H groups in total. The molecule has 7 heteroatoms. The molecule has 0 aliphatic carbocycles. The number of rotatable bonds is 4. The minimum Gasteiger partial charge on any atom is -0.384 e. The van der Waals surface area contributed by atoms with E-state index in [9.17, 15) is 4.79 Å². The molecule has 0 saturated carbocycles. The molecular weight excluding hydrogens is 336 g/mol. The van der Waals surface area contributed by atoms with Gasteiger partial charge in [-0.15, -0.1) is 0 Å². The van der Waals surface area contributed by atoms with Gasteiger partial charge in [-0.25, -0.2) is 0 Å². The molecule has 1 aromatic carbocycles. The minimum atomic E-state index is -0.0166. The normalized spacial score (nSPS) is 16.4. The van der Waals surface area contributed by atoms with Crippen LogP contribution in [0, 0.1) is 6.92 Å². The van der Waals surface area contributed by atoms with Gasteiger partial charge in [0.05, 0.1) is 6.54 Å². The molecule has 1 aliphatic heterocycles. The number of benzene rings is 1. The van der Waals surface area contributed by atoms with E-state index >= 15 is 0 Å². The molecule has 1 amide bonds. The Morgan fingerprint density at radius 3 is 3.19 bits per heavy atom. The van der Waals surface area contributed by atoms with Crippen molar-refractivity contribution in [3.05, 3.63) is 40.0 Å². The van der Waals surface area contributed by atoms with E-state index in [1.54, 1.807) is 6.92 Å². The Kier molecular flexibility index (Phi) is 3.92. The van der Waals surface area contributed by atoms with E-state index < -0.39 is 0 Å². The maximum absolute atomic E-state index is 12.0. The van der Waals surface area contributed by atoms with Gasteiger partial charge >= 0.3 is 0 Å². The smallest absolute Gasteiger partial charge is 0.223 e. The molecule has 1 unspecified atom stereocenters. The topological polar surface area (TPSA) is 80.0 Å². The van der Waals surface area contributed by atoms with Crippen LogP contribution in [0.25, 0.3) is 0 Å². The lowest BCUT2D eigenvalue weighted by Crippen LogP contribution is -2.25. The first-order valence-electron chi connectivity index (χ1n) is 6.71. The fourth-order valence-corrected chi connectivity index (χ4v) is 2.82. The van der Waals surface area contributed by atoms with Crippen molar-refractivity contribution in [2.45, 2.75) is 25.8 Å². The third kappa shape index (κ3) is 3.24. The maximum Gasteiger partial charge on any atom is 0.223 e. The van der Waals surface area contributed by atoms with E-state index in [4.69, 9.17) is 4.52 Å². The van der Waals surface area contributed by atoms with Crippen LogP contribution < -0.4 is 10.6 Å². The molecule has 21 heavy (non-hydrogen) atoms. The number of aromatic nitrogens is 2. The van der Waals surface area contributed by atoms with E-state index in [2.05, 4.69) is 42.8 Å². The zero-order valence-electron chi connectivity index (χ0n) is 11.5. The molecule has 3 rings (SSSR count). The van der Waals surface area contributed by atoms with Gasteiger partial charge in [-0.3, -0.25) is 4.79 Å². The number of nitrogens with zero attached hydrogens (tertiary/aromatic N) is 2. The Bertz CT molecular complexity index is 671. The SMILES string of the molecule is Cc1nc(CNC(=O)CC2CNc3ccc(Br)cc32)no1. The van der Waals surface area contributed by atoms with Gasteiger partial charge in [0.15, 0.2) is 5.82 Å². The Hall–Kier alpha value is -1.89. The Morgan fingerprint density at radius 1 is 1.57 bits per heavy atom. The summed E-state index contributed by atoms with van der Waals surface area (Å²) in [6.45, 7) is 2.79. The van der Waals surface area contributed by atoms with Gasteiger partial charge in [-0.2, -0.15) is 4.98 Å². The van der Waals surface area contributed by atoms with Crippen molar-refractivity contribution in [2.24, 2.45) is 0 Å². The van der Waals surface area contributed by atoms with E-state index in [-0.39, 0.29) is 11.8 Å². The van der Waals surface area contributed by atoms with Gasteiger partial charge in [-0.1, -0.05) is 21.1 Å². The molecular formula is C14H15BrN4O2. The zero-order chi connectivity index (χ0) is 14.8. The third-order valence-corrected chi connectivity index (χ3v) is 3.93. The summed E-state index contributed by atoms with van der Waals surface area (Å²) in [4.78, 5) is 16.1. The second-order valence-corrected chi connectivity index (χ2v) is 5.94. The summed E-state index contributed by atoms with van der Waals surface area (Å²) in [6.07, 6.45) is 0.438. The molecule has 1 aromatic heterocycles. The second-order valence-electron chi connectivity index (χ2n) is 5.02. The summed E-state index contributed by atoms with van der Waals surface area (Å²) < 4.78 is 5.89. The van der Waals surface area contributed by atoms with Crippen LogP contribution in [0.5, 0.6) is 0 Å². The first kappa shape index (κ1) is 14.1. The van der Waals surface area contributed by atoms with Crippen molar-refractivity contribution >= 4 is 27.5 Å². The van der Waals surface area contributed by atoms with Crippen molar-refractivity contribution in [3.63, 3.8) is 0 Å². The summed E-state index contributed by atoms with van der Waals surface area (Å²) in [5, 5.41) is 9.89. The van der Waals surface area contributed by atoms with E-state index in [1.165, 1.54) is 5.56 Å². The highest BCUT2D eigenvalue weighted by Crippen LogP contribution is 2.35. The molecule has 1 atom stereocenters. The van der Waals surface area contributed by atoms with Crippen LogP contribution in [0.1, 0.15) is 29.6 Å². The van der Waals surface area contributed by atoms with Crippen molar-refractivity contribution in [1.82, 2.24) is 15.5 Å². The van der Waals surface area contributed by atoms with Crippen LogP contribution >= 0.6 is 15.9 Å². The summed E-state index contributed by atoms with van der Waals surface area (Å²) in [5.41, 5.74) is 2.28. The van der Waals surface area contributed by atoms with Gasteiger partial charge in [0.2, 0.25) is 11.8 Å². The number of nitrogens with one attached hydrogen (secondary N) is 2.